The largest absolute Gasteiger partial charge is 0.496 e. The van der Waals surface area contributed by atoms with Crippen LogP contribution in [-0.4, -0.2) is 31.6 Å². The Morgan fingerprint density at radius 1 is 1.11 bits per heavy atom. The zero-order valence-electron chi connectivity index (χ0n) is 16.0. The first-order chi connectivity index (χ1) is 12.7. The van der Waals surface area contributed by atoms with Gasteiger partial charge in [-0.1, -0.05) is 30.3 Å². The number of aromatic amines is 1. The Hall–Kier alpha value is -2.22. The molecule has 3 N–H and O–H groups in total. The number of nitrogens with one attached hydrogen (secondary N) is 3. The molecule has 144 valence electrons. The Kier molecular flexibility index (Phi) is 7.97. The van der Waals surface area contributed by atoms with Gasteiger partial charge >= 0.3 is 0 Å². The lowest BCUT2D eigenvalue weighted by atomic mass is 10.1. The van der Waals surface area contributed by atoms with E-state index in [9.17, 15) is 0 Å². The summed E-state index contributed by atoms with van der Waals surface area (Å²) in [7, 11) is 3.49. The predicted octanol–water partition coefficient (Wildman–Crippen LogP) is 4.01. The molecule has 0 bridgehead atoms. The lowest BCUT2D eigenvalue weighted by Crippen LogP contribution is -2.37. The van der Waals surface area contributed by atoms with Gasteiger partial charge in [-0.2, -0.15) is 0 Å². The van der Waals surface area contributed by atoms with Crippen LogP contribution < -0.4 is 15.4 Å². The number of aliphatic imine (C=N–C) groups is 1. The number of fused-ring (bicyclic) bond motifs is 1. The van der Waals surface area contributed by atoms with Gasteiger partial charge in [-0.15, -0.1) is 24.0 Å². The number of H-pyrrole nitrogens is 1. The molecule has 0 saturated heterocycles. The minimum absolute atomic E-state index is 0. The van der Waals surface area contributed by atoms with Crippen LogP contribution in [0.3, 0.4) is 0 Å². The highest BCUT2D eigenvalue weighted by molar-refractivity contribution is 14.0. The maximum Gasteiger partial charge on any atom is 0.191 e. The molecule has 3 rings (SSSR count). The lowest BCUT2D eigenvalue weighted by Gasteiger charge is -2.14. The van der Waals surface area contributed by atoms with Gasteiger partial charge in [-0.05, 0) is 36.6 Å². The van der Waals surface area contributed by atoms with E-state index in [1.54, 1.807) is 14.2 Å². The molecule has 0 saturated carbocycles. The highest BCUT2D eigenvalue weighted by atomic mass is 127. The summed E-state index contributed by atoms with van der Waals surface area (Å²) in [6.07, 6.45) is 3.01. The molecule has 0 atom stereocenters. The molecule has 0 aliphatic carbocycles. The number of hydrogen-bond acceptors (Lipinski definition) is 2. The first-order valence-corrected chi connectivity index (χ1v) is 8.84. The van der Waals surface area contributed by atoms with Crippen molar-refractivity contribution in [2.75, 3.05) is 20.7 Å². The van der Waals surface area contributed by atoms with E-state index in [1.807, 2.05) is 12.1 Å². The monoisotopic (exact) mass is 478 g/mol. The number of para-hydroxylation sites is 1. The van der Waals surface area contributed by atoms with E-state index in [0.29, 0.717) is 6.54 Å². The van der Waals surface area contributed by atoms with Gasteiger partial charge in [0.25, 0.3) is 0 Å². The van der Waals surface area contributed by atoms with Gasteiger partial charge in [0.15, 0.2) is 5.96 Å². The van der Waals surface area contributed by atoms with E-state index >= 15 is 0 Å². The molecule has 27 heavy (non-hydrogen) atoms. The highest BCUT2D eigenvalue weighted by Gasteiger charge is 2.06. The van der Waals surface area contributed by atoms with E-state index in [2.05, 4.69) is 64.1 Å². The van der Waals surface area contributed by atoms with E-state index in [0.717, 1.165) is 30.2 Å². The first kappa shape index (κ1) is 21.1. The lowest BCUT2D eigenvalue weighted by molar-refractivity contribution is 0.408. The number of aryl methyl sites for hydroxylation is 1. The summed E-state index contributed by atoms with van der Waals surface area (Å²) in [5, 5.41) is 8.00. The maximum atomic E-state index is 5.46. The SMILES string of the molecule is CN=C(NCCc1c[nH]c2ccccc12)NCc1ccc(C)cc1OC.I. The smallest absolute Gasteiger partial charge is 0.191 e. The molecule has 0 spiro atoms. The normalized spacial score (nSPS) is 11.1. The van der Waals surface area contributed by atoms with Gasteiger partial charge in [-0.3, -0.25) is 4.99 Å². The summed E-state index contributed by atoms with van der Waals surface area (Å²) < 4.78 is 5.46. The third-order valence-electron chi connectivity index (χ3n) is 4.47. The average Bonchev–Trinajstić information content (AvgIpc) is 3.08. The Labute approximate surface area is 177 Å². The number of aromatic nitrogens is 1. The second-order valence-corrected chi connectivity index (χ2v) is 6.28. The van der Waals surface area contributed by atoms with Crippen LogP contribution in [0.15, 0.2) is 53.7 Å². The molecule has 1 aromatic heterocycles. The summed E-state index contributed by atoms with van der Waals surface area (Å²) in [4.78, 5) is 7.62. The van der Waals surface area contributed by atoms with E-state index in [1.165, 1.54) is 22.0 Å². The van der Waals surface area contributed by atoms with Crippen molar-refractivity contribution in [2.24, 2.45) is 4.99 Å². The van der Waals surface area contributed by atoms with E-state index in [4.69, 9.17) is 4.74 Å². The molecule has 3 aromatic rings. The molecular weight excluding hydrogens is 451 g/mol. The zero-order valence-corrected chi connectivity index (χ0v) is 18.3. The standard InChI is InChI=1S/C21H26N4O.HI/c1-15-8-9-17(20(12-15)26-3)14-25-21(22-2)23-11-10-16-13-24-19-7-5-4-6-18(16)19;/h4-9,12-13,24H,10-11,14H2,1-3H3,(H2,22,23,25);1H. The van der Waals surface area contributed by atoms with E-state index < -0.39 is 0 Å². The number of guanidine groups is 1. The number of methoxy groups -OCH3 is 1. The number of benzene rings is 2. The molecule has 2 aromatic carbocycles. The Balaban J connectivity index is 0.00000261. The van der Waals surface area contributed by atoms with Crippen LogP contribution in [0.25, 0.3) is 10.9 Å². The molecule has 0 amide bonds. The topological polar surface area (TPSA) is 61.4 Å². The van der Waals surface area contributed by atoms with Crippen molar-refractivity contribution in [3.8, 4) is 5.75 Å². The molecule has 0 unspecified atom stereocenters. The number of nitrogens with zero attached hydrogens (tertiary/aromatic N) is 1. The maximum absolute atomic E-state index is 5.46. The molecule has 6 heteroatoms. The second-order valence-electron chi connectivity index (χ2n) is 6.28. The second kappa shape index (κ2) is 10.2. The zero-order chi connectivity index (χ0) is 18.4. The molecule has 0 aliphatic heterocycles. The number of hydrogen-bond donors (Lipinski definition) is 3. The van der Waals surface area contributed by atoms with Gasteiger partial charge in [0, 0.05) is 42.8 Å². The average molecular weight is 478 g/mol. The quantitative estimate of drug-likeness (QED) is 0.285. The van der Waals surface area contributed by atoms with Crippen LogP contribution in [-0.2, 0) is 13.0 Å². The van der Waals surface area contributed by atoms with Crippen LogP contribution >= 0.6 is 24.0 Å². The van der Waals surface area contributed by atoms with Crippen LogP contribution in [0.1, 0.15) is 16.7 Å². The summed E-state index contributed by atoms with van der Waals surface area (Å²) in [5.41, 5.74) is 4.78. The summed E-state index contributed by atoms with van der Waals surface area (Å²) in [5.74, 6) is 1.68. The molecule has 0 fully saturated rings. The van der Waals surface area contributed by atoms with Gasteiger partial charge < -0.3 is 20.4 Å². The fraction of sp³-hybridized carbons (Fsp3) is 0.286. The van der Waals surface area contributed by atoms with Gasteiger partial charge in [0.05, 0.1) is 7.11 Å². The van der Waals surface area contributed by atoms with Gasteiger partial charge in [0.2, 0.25) is 0 Å². The highest BCUT2D eigenvalue weighted by Crippen LogP contribution is 2.19. The minimum Gasteiger partial charge on any atom is -0.496 e. The Bertz CT molecular complexity index is 904. The Morgan fingerprint density at radius 3 is 2.70 bits per heavy atom. The fourth-order valence-electron chi connectivity index (χ4n) is 3.05. The molecule has 5 nitrogen and oxygen atoms in total. The van der Waals surface area contributed by atoms with Crippen molar-refractivity contribution in [1.82, 2.24) is 15.6 Å². The van der Waals surface area contributed by atoms with Crippen molar-refractivity contribution in [1.29, 1.82) is 0 Å². The number of halogens is 1. The number of ether oxygens (including phenoxy) is 1. The number of rotatable bonds is 6. The van der Waals surface area contributed by atoms with Crippen molar-refractivity contribution >= 4 is 40.8 Å². The summed E-state index contributed by atoms with van der Waals surface area (Å²) in [6, 6.07) is 14.6. The van der Waals surface area contributed by atoms with Crippen LogP contribution in [0.5, 0.6) is 5.75 Å². The molecule has 0 radical (unpaired) electrons. The van der Waals surface area contributed by atoms with Crippen molar-refractivity contribution < 1.29 is 4.74 Å². The molecule has 0 aliphatic rings. The van der Waals surface area contributed by atoms with Crippen molar-refractivity contribution in [3.63, 3.8) is 0 Å². The first-order valence-electron chi connectivity index (χ1n) is 8.84. The summed E-state index contributed by atoms with van der Waals surface area (Å²) >= 11 is 0. The minimum atomic E-state index is 0. The fourth-order valence-corrected chi connectivity index (χ4v) is 3.05. The van der Waals surface area contributed by atoms with Crippen LogP contribution in [0, 0.1) is 6.92 Å². The predicted molar refractivity (Wildman–Crippen MR) is 123 cm³/mol. The van der Waals surface area contributed by atoms with Gasteiger partial charge in [0.1, 0.15) is 5.75 Å². The van der Waals surface area contributed by atoms with Crippen molar-refractivity contribution in [2.45, 2.75) is 19.9 Å². The summed E-state index contributed by atoms with van der Waals surface area (Å²) in [6.45, 7) is 3.54. The third kappa shape index (κ3) is 5.38. The van der Waals surface area contributed by atoms with Gasteiger partial charge in [-0.25, -0.2) is 0 Å². The van der Waals surface area contributed by atoms with E-state index in [-0.39, 0.29) is 24.0 Å². The Morgan fingerprint density at radius 2 is 1.93 bits per heavy atom. The van der Waals surface area contributed by atoms with Crippen LogP contribution in [0.4, 0.5) is 0 Å². The molecule has 1 heterocycles. The van der Waals surface area contributed by atoms with Crippen LogP contribution in [0.2, 0.25) is 0 Å². The third-order valence-corrected chi connectivity index (χ3v) is 4.47. The molecular formula is C21H27IN4O. The van der Waals surface area contributed by atoms with Crippen molar-refractivity contribution in [3.05, 3.63) is 65.4 Å².